The topological polar surface area (TPSA) is 29.9 Å². The summed E-state index contributed by atoms with van der Waals surface area (Å²) < 4.78 is 5.84. The van der Waals surface area contributed by atoms with Crippen LogP contribution in [0.15, 0.2) is 52.3 Å². The van der Waals surface area contributed by atoms with Crippen LogP contribution in [0, 0.1) is 6.92 Å². The number of benzene rings is 2. The molecule has 0 aliphatic rings. The summed E-state index contributed by atoms with van der Waals surface area (Å²) in [7, 11) is 0. The molecule has 0 fully saturated rings. The molecule has 3 aromatic rings. The van der Waals surface area contributed by atoms with Gasteiger partial charge >= 0.3 is 0 Å². The van der Waals surface area contributed by atoms with Gasteiger partial charge in [-0.1, -0.05) is 17.7 Å². The summed E-state index contributed by atoms with van der Waals surface area (Å²) in [5, 5.41) is 0. The minimum Gasteiger partial charge on any atom is -0.327 e. The van der Waals surface area contributed by atoms with E-state index in [1.807, 2.05) is 0 Å². The van der Waals surface area contributed by atoms with E-state index in [0.29, 0.717) is 0 Å². The zero-order valence-electron chi connectivity index (χ0n) is 14.5. The van der Waals surface area contributed by atoms with Crippen molar-refractivity contribution in [3.05, 3.63) is 53.9 Å². The van der Waals surface area contributed by atoms with E-state index in [1.165, 1.54) is 20.9 Å². The zero-order valence-corrected chi connectivity index (χ0v) is 16.2. The van der Waals surface area contributed by atoms with E-state index in [9.17, 15) is 0 Å². The van der Waals surface area contributed by atoms with Gasteiger partial charge in [0.2, 0.25) is 0 Å². The lowest BCUT2D eigenvalue weighted by Crippen LogP contribution is -2.16. The number of aryl methyl sites for hydroxylation is 2. The van der Waals surface area contributed by atoms with E-state index in [1.54, 1.807) is 23.7 Å². The first-order valence-corrected chi connectivity index (χ1v) is 10.2. The Hall–Kier alpha value is -1.43. The quantitative estimate of drug-likeness (QED) is 0.470. The van der Waals surface area contributed by atoms with Gasteiger partial charge in [0.25, 0.3) is 0 Å². The normalized spacial score (nSPS) is 12.7. The van der Waals surface area contributed by atoms with E-state index in [2.05, 4.69) is 78.8 Å². The highest BCUT2D eigenvalue weighted by Crippen LogP contribution is 2.27. The van der Waals surface area contributed by atoms with Crippen LogP contribution in [0.25, 0.3) is 11.0 Å². The Kier molecular flexibility index (Phi) is 5.54. The lowest BCUT2D eigenvalue weighted by molar-refractivity contribution is 0.623. The van der Waals surface area contributed by atoms with Crippen LogP contribution in [0.5, 0.6) is 0 Å². The van der Waals surface area contributed by atoms with E-state index >= 15 is 0 Å². The van der Waals surface area contributed by atoms with Crippen molar-refractivity contribution >= 4 is 34.7 Å². The van der Waals surface area contributed by atoms with Crippen molar-refractivity contribution in [2.24, 2.45) is 0 Å². The van der Waals surface area contributed by atoms with Gasteiger partial charge in [0.1, 0.15) is 5.82 Å². The summed E-state index contributed by atoms with van der Waals surface area (Å²) in [6, 6.07) is 15.2. The van der Waals surface area contributed by atoms with Crippen LogP contribution in [-0.4, -0.2) is 15.8 Å². The Morgan fingerprint density at radius 1 is 1.12 bits per heavy atom. The predicted molar refractivity (Wildman–Crippen MR) is 106 cm³/mol. The molecule has 24 heavy (non-hydrogen) atoms. The number of thioether (sulfide) groups is 1. The van der Waals surface area contributed by atoms with Gasteiger partial charge in [-0.2, -0.15) is 0 Å². The van der Waals surface area contributed by atoms with Gasteiger partial charge in [-0.05, 0) is 69.3 Å². The second-order valence-corrected chi connectivity index (χ2v) is 7.61. The third kappa shape index (κ3) is 3.63. The highest BCUT2D eigenvalue weighted by Gasteiger charge is 2.16. The van der Waals surface area contributed by atoms with Gasteiger partial charge in [-0.25, -0.2) is 9.71 Å². The Morgan fingerprint density at radius 2 is 1.83 bits per heavy atom. The van der Waals surface area contributed by atoms with Crippen molar-refractivity contribution in [3.8, 4) is 0 Å². The second-order valence-electron chi connectivity index (χ2n) is 5.82. The summed E-state index contributed by atoms with van der Waals surface area (Å²) >= 11 is 3.43. The largest absolute Gasteiger partial charge is 0.327 e. The molecule has 0 saturated carbocycles. The third-order valence-corrected chi connectivity index (χ3v) is 5.77. The summed E-state index contributed by atoms with van der Waals surface area (Å²) in [4.78, 5) is 7.36. The van der Waals surface area contributed by atoms with Crippen LogP contribution >= 0.6 is 23.7 Å². The van der Waals surface area contributed by atoms with Gasteiger partial charge in [-0.15, -0.1) is 11.8 Å². The smallest absolute Gasteiger partial charge is 0.127 e. The molecule has 0 bridgehead atoms. The zero-order chi connectivity index (χ0) is 17.1. The van der Waals surface area contributed by atoms with Crippen molar-refractivity contribution in [2.45, 2.75) is 43.1 Å². The third-order valence-electron chi connectivity index (χ3n) is 4.06. The molecule has 0 spiro atoms. The fourth-order valence-corrected chi connectivity index (χ4v) is 3.85. The van der Waals surface area contributed by atoms with E-state index in [4.69, 9.17) is 4.98 Å². The maximum absolute atomic E-state index is 4.86. The minimum atomic E-state index is 0.168. The monoisotopic (exact) mass is 357 g/mol. The average Bonchev–Trinajstić information content (AvgIpc) is 2.98. The van der Waals surface area contributed by atoms with Crippen molar-refractivity contribution in [1.29, 1.82) is 0 Å². The first-order valence-electron chi connectivity index (χ1n) is 8.15. The Bertz CT molecular complexity index is 824. The number of hydrogen-bond donors (Lipinski definition) is 1. The molecule has 3 nitrogen and oxygen atoms in total. The van der Waals surface area contributed by atoms with Crippen LogP contribution < -0.4 is 4.72 Å². The molecule has 5 heteroatoms. The van der Waals surface area contributed by atoms with Gasteiger partial charge < -0.3 is 4.57 Å². The number of imidazole rings is 1. The van der Waals surface area contributed by atoms with Crippen LogP contribution in [0.2, 0.25) is 0 Å². The molecular formula is C19H23N3S2. The molecule has 0 aliphatic carbocycles. The molecule has 0 saturated heterocycles. The molecule has 0 amide bonds. The summed E-state index contributed by atoms with van der Waals surface area (Å²) in [6.07, 6.45) is 2.11. The van der Waals surface area contributed by atoms with E-state index in [-0.39, 0.29) is 6.04 Å². The number of nitrogens with one attached hydrogen (secondary N) is 1. The van der Waals surface area contributed by atoms with Crippen LogP contribution in [0.4, 0.5) is 0 Å². The lowest BCUT2D eigenvalue weighted by Gasteiger charge is -2.14. The standard InChI is InChI=1S/C19H23N3S2/c1-5-22-18-12-16(23-4)10-11-17(18)20-19(22)14(3)21-24-15-8-6-13(2)7-9-15/h6-12,14,21H,5H2,1-4H3. The molecule has 1 heterocycles. The molecule has 2 aromatic carbocycles. The second kappa shape index (κ2) is 7.64. The fraction of sp³-hybridized carbons (Fsp3) is 0.316. The molecular weight excluding hydrogens is 334 g/mol. The summed E-state index contributed by atoms with van der Waals surface area (Å²) in [5.74, 6) is 1.09. The van der Waals surface area contributed by atoms with Crippen molar-refractivity contribution in [3.63, 3.8) is 0 Å². The fourth-order valence-electron chi connectivity index (χ4n) is 2.73. The number of nitrogens with zero attached hydrogens (tertiary/aromatic N) is 2. The Labute approximate surface area is 152 Å². The summed E-state index contributed by atoms with van der Waals surface area (Å²) in [5.41, 5.74) is 3.57. The van der Waals surface area contributed by atoms with Crippen LogP contribution in [-0.2, 0) is 6.54 Å². The Morgan fingerprint density at radius 3 is 2.50 bits per heavy atom. The number of fused-ring (bicyclic) bond motifs is 1. The molecule has 1 N–H and O–H groups in total. The molecule has 3 rings (SSSR count). The van der Waals surface area contributed by atoms with Crippen molar-refractivity contribution < 1.29 is 0 Å². The molecule has 1 unspecified atom stereocenters. The maximum Gasteiger partial charge on any atom is 0.127 e. The summed E-state index contributed by atoms with van der Waals surface area (Å²) in [6.45, 7) is 7.38. The van der Waals surface area contributed by atoms with Gasteiger partial charge in [-0.3, -0.25) is 0 Å². The van der Waals surface area contributed by atoms with Crippen molar-refractivity contribution in [1.82, 2.24) is 14.3 Å². The van der Waals surface area contributed by atoms with Crippen molar-refractivity contribution in [2.75, 3.05) is 6.26 Å². The van der Waals surface area contributed by atoms with E-state index in [0.717, 1.165) is 17.9 Å². The average molecular weight is 358 g/mol. The first kappa shape index (κ1) is 17.4. The number of aromatic nitrogens is 2. The van der Waals surface area contributed by atoms with Crippen LogP contribution in [0.3, 0.4) is 0 Å². The predicted octanol–water partition coefficient (Wildman–Crippen LogP) is 5.44. The lowest BCUT2D eigenvalue weighted by atomic mass is 10.2. The molecule has 126 valence electrons. The number of hydrogen-bond acceptors (Lipinski definition) is 4. The molecule has 1 atom stereocenters. The highest BCUT2D eigenvalue weighted by molar-refractivity contribution is 7.98. The van der Waals surface area contributed by atoms with Gasteiger partial charge in [0, 0.05) is 16.3 Å². The molecule has 0 aliphatic heterocycles. The Balaban J connectivity index is 1.83. The number of rotatable bonds is 6. The highest BCUT2D eigenvalue weighted by atomic mass is 32.2. The molecule has 0 radical (unpaired) electrons. The van der Waals surface area contributed by atoms with Crippen LogP contribution in [0.1, 0.15) is 31.3 Å². The SMILES string of the molecule is CCn1c(C(C)NSc2ccc(C)cc2)nc2ccc(SC)cc21. The maximum atomic E-state index is 4.86. The minimum absolute atomic E-state index is 0.168. The molecule has 1 aromatic heterocycles. The first-order chi connectivity index (χ1) is 11.6. The van der Waals surface area contributed by atoms with E-state index < -0.39 is 0 Å². The van der Waals surface area contributed by atoms with Gasteiger partial charge in [0.15, 0.2) is 0 Å². The van der Waals surface area contributed by atoms with Gasteiger partial charge in [0.05, 0.1) is 17.1 Å².